The second-order valence-corrected chi connectivity index (χ2v) is 7.10. The average molecular weight is 432 g/mol. The maximum atomic E-state index is 12.5. The zero-order valence-electron chi connectivity index (χ0n) is 17.8. The molecule has 3 rings (SSSR count). The lowest BCUT2D eigenvalue weighted by molar-refractivity contribution is -0.123. The Hall–Kier alpha value is -4.13. The number of nitrogens with one attached hydrogen (secondary N) is 2. The van der Waals surface area contributed by atoms with E-state index in [0.29, 0.717) is 23.7 Å². The zero-order chi connectivity index (χ0) is 22.9. The highest BCUT2D eigenvalue weighted by molar-refractivity contribution is 5.97. The standard InChI is InChI=1S/C25H24N2O5/c1-17(24(29)27-22-13-11-21(12-14-22)26-18(2)28)32-25(30)20-9-6-10-23(15-20)31-16-19-7-4-3-5-8-19/h3-15,17H,16H2,1-2H3,(H,26,28)(H,27,29)/t17-/m0/s1. The SMILES string of the molecule is CC(=O)Nc1ccc(NC(=O)[C@H](C)OC(=O)c2cccc(OCc3ccccc3)c2)cc1. The first-order chi connectivity index (χ1) is 15.4. The predicted octanol–water partition coefficient (Wildman–Crippen LogP) is 4.41. The average Bonchev–Trinajstić information content (AvgIpc) is 2.79. The molecular formula is C25H24N2O5. The molecule has 0 spiro atoms. The van der Waals surface area contributed by atoms with E-state index in [9.17, 15) is 14.4 Å². The summed E-state index contributed by atoms with van der Waals surface area (Å²) in [5.41, 5.74) is 2.43. The third kappa shape index (κ3) is 6.70. The number of anilines is 2. The van der Waals surface area contributed by atoms with Gasteiger partial charge in [0.15, 0.2) is 6.10 Å². The summed E-state index contributed by atoms with van der Waals surface area (Å²) < 4.78 is 11.0. The number of carbonyl (C=O) groups is 3. The van der Waals surface area contributed by atoms with E-state index in [4.69, 9.17) is 9.47 Å². The molecule has 0 saturated heterocycles. The van der Waals surface area contributed by atoms with Gasteiger partial charge in [0.1, 0.15) is 12.4 Å². The van der Waals surface area contributed by atoms with Crippen LogP contribution in [0.2, 0.25) is 0 Å². The lowest BCUT2D eigenvalue weighted by atomic mass is 10.2. The van der Waals surface area contributed by atoms with Gasteiger partial charge in [0.2, 0.25) is 5.91 Å². The molecule has 0 radical (unpaired) electrons. The van der Waals surface area contributed by atoms with E-state index in [-0.39, 0.29) is 11.5 Å². The Bertz CT molecular complexity index is 1080. The topological polar surface area (TPSA) is 93.7 Å². The van der Waals surface area contributed by atoms with Gasteiger partial charge < -0.3 is 20.1 Å². The van der Waals surface area contributed by atoms with Gasteiger partial charge in [0, 0.05) is 18.3 Å². The molecule has 0 fully saturated rings. The first-order valence-corrected chi connectivity index (χ1v) is 10.1. The van der Waals surface area contributed by atoms with Gasteiger partial charge in [0.25, 0.3) is 5.91 Å². The monoisotopic (exact) mass is 432 g/mol. The van der Waals surface area contributed by atoms with Gasteiger partial charge in [0.05, 0.1) is 5.56 Å². The van der Waals surface area contributed by atoms with Gasteiger partial charge >= 0.3 is 5.97 Å². The minimum Gasteiger partial charge on any atom is -0.489 e. The van der Waals surface area contributed by atoms with Crippen molar-refractivity contribution in [3.63, 3.8) is 0 Å². The van der Waals surface area contributed by atoms with Crippen LogP contribution in [0.1, 0.15) is 29.8 Å². The summed E-state index contributed by atoms with van der Waals surface area (Å²) in [6, 6.07) is 22.9. The van der Waals surface area contributed by atoms with Crippen molar-refractivity contribution in [2.45, 2.75) is 26.6 Å². The molecule has 3 aromatic rings. The van der Waals surface area contributed by atoms with Crippen LogP contribution in [0.25, 0.3) is 0 Å². The fourth-order valence-electron chi connectivity index (χ4n) is 2.82. The van der Waals surface area contributed by atoms with Crippen LogP contribution in [0.3, 0.4) is 0 Å². The Kier molecular flexibility index (Phi) is 7.59. The van der Waals surface area contributed by atoms with Crippen molar-refractivity contribution in [3.05, 3.63) is 90.0 Å². The number of benzene rings is 3. The van der Waals surface area contributed by atoms with Gasteiger partial charge in [-0.2, -0.15) is 0 Å². The van der Waals surface area contributed by atoms with Crippen LogP contribution in [0.4, 0.5) is 11.4 Å². The van der Waals surface area contributed by atoms with Crippen LogP contribution in [-0.4, -0.2) is 23.9 Å². The minimum absolute atomic E-state index is 0.183. The molecule has 0 aliphatic heterocycles. The molecule has 7 nitrogen and oxygen atoms in total. The minimum atomic E-state index is -1.01. The third-order valence-electron chi connectivity index (χ3n) is 4.44. The van der Waals surface area contributed by atoms with Gasteiger partial charge in [-0.15, -0.1) is 0 Å². The lowest BCUT2D eigenvalue weighted by Crippen LogP contribution is -2.30. The summed E-state index contributed by atoms with van der Waals surface area (Å²) >= 11 is 0. The van der Waals surface area contributed by atoms with Gasteiger partial charge in [-0.3, -0.25) is 9.59 Å². The van der Waals surface area contributed by atoms with Crippen molar-refractivity contribution in [1.82, 2.24) is 0 Å². The number of amides is 2. The number of esters is 1. The summed E-state index contributed by atoms with van der Waals surface area (Å²) in [6.07, 6.45) is -1.01. The summed E-state index contributed by atoms with van der Waals surface area (Å²) in [7, 11) is 0. The lowest BCUT2D eigenvalue weighted by Gasteiger charge is -2.14. The highest BCUT2D eigenvalue weighted by atomic mass is 16.5. The third-order valence-corrected chi connectivity index (χ3v) is 4.44. The van der Waals surface area contributed by atoms with Gasteiger partial charge in [-0.25, -0.2) is 4.79 Å². The van der Waals surface area contributed by atoms with Crippen molar-refractivity contribution >= 4 is 29.2 Å². The fraction of sp³-hybridized carbons (Fsp3) is 0.160. The van der Waals surface area contributed by atoms with E-state index in [1.807, 2.05) is 30.3 Å². The molecule has 0 bridgehead atoms. The van der Waals surface area contributed by atoms with E-state index >= 15 is 0 Å². The smallest absolute Gasteiger partial charge is 0.339 e. The number of ether oxygens (including phenoxy) is 2. The molecule has 0 heterocycles. The van der Waals surface area contributed by atoms with E-state index in [2.05, 4.69) is 10.6 Å². The van der Waals surface area contributed by atoms with E-state index in [1.165, 1.54) is 13.8 Å². The van der Waals surface area contributed by atoms with Crippen LogP contribution in [0.15, 0.2) is 78.9 Å². The Labute approximate surface area is 186 Å². The number of hydrogen-bond acceptors (Lipinski definition) is 5. The number of rotatable bonds is 8. The molecular weight excluding hydrogens is 408 g/mol. The van der Waals surface area contributed by atoms with Gasteiger partial charge in [-0.05, 0) is 55.0 Å². The van der Waals surface area contributed by atoms with E-state index in [0.717, 1.165) is 5.56 Å². The van der Waals surface area contributed by atoms with Crippen molar-refractivity contribution in [1.29, 1.82) is 0 Å². The second kappa shape index (κ2) is 10.8. The molecule has 7 heteroatoms. The van der Waals surface area contributed by atoms with E-state index < -0.39 is 18.0 Å². The normalized spacial score (nSPS) is 11.2. The molecule has 2 N–H and O–H groups in total. The predicted molar refractivity (Wildman–Crippen MR) is 121 cm³/mol. The summed E-state index contributed by atoms with van der Waals surface area (Å²) in [6.45, 7) is 3.28. The maximum Gasteiger partial charge on any atom is 0.339 e. The Balaban J connectivity index is 1.54. The summed E-state index contributed by atoms with van der Waals surface area (Å²) in [5, 5.41) is 5.32. The molecule has 0 aliphatic carbocycles. The van der Waals surface area contributed by atoms with Crippen molar-refractivity contribution < 1.29 is 23.9 Å². The highest BCUT2D eigenvalue weighted by Gasteiger charge is 2.19. The number of hydrogen-bond donors (Lipinski definition) is 2. The molecule has 0 aromatic heterocycles. The van der Waals surface area contributed by atoms with Crippen LogP contribution < -0.4 is 15.4 Å². The van der Waals surface area contributed by atoms with Crippen LogP contribution in [-0.2, 0) is 20.9 Å². The quantitative estimate of drug-likeness (QED) is 0.515. The summed E-state index contributed by atoms with van der Waals surface area (Å²) in [4.78, 5) is 35.9. The van der Waals surface area contributed by atoms with Crippen molar-refractivity contribution in [2.24, 2.45) is 0 Å². The Morgan fingerprint density at radius 1 is 0.844 bits per heavy atom. The second-order valence-electron chi connectivity index (χ2n) is 7.10. The fourth-order valence-corrected chi connectivity index (χ4v) is 2.82. The van der Waals surface area contributed by atoms with Crippen molar-refractivity contribution in [3.8, 4) is 5.75 Å². The van der Waals surface area contributed by atoms with Crippen LogP contribution in [0, 0.1) is 0 Å². The number of carbonyl (C=O) groups excluding carboxylic acids is 3. The van der Waals surface area contributed by atoms with Crippen molar-refractivity contribution in [2.75, 3.05) is 10.6 Å². The molecule has 32 heavy (non-hydrogen) atoms. The Morgan fingerprint density at radius 2 is 1.50 bits per heavy atom. The molecule has 3 aromatic carbocycles. The van der Waals surface area contributed by atoms with E-state index in [1.54, 1.807) is 48.5 Å². The summed E-state index contributed by atoms with van der Waals surface area (Å²) in [5.74, 6) is -0.752. The molecule has 0 saturated carbocycles. The molecule has 1 atom stereocenters. The first kappa shape index (κ1) is 22.6. The Morgan fingerprint density at radius 3 is 2.16 bits per heavy atom. The zero-order valence-corrected chi connectivity index (χ0v) is 17.8. The molecule has 0 unspecified atom stereocenters. The highest BCUT2D eigenvalue weighted by Crippen LogP contribution is 2.17. The van der Waals surface area contributed by atoms with Gasteiger partial charge in [-0.1, -0.05) is 36.4 Å². The maximum absolute atomic E-state index is 12.5. The molecule has 0 aliphatic rings. The van der Waals surface area contributed by atoms with Crippen LogP contribution >= 0.6 is 0 Å². The first-order valence-electron chi connectivity index (χ1n) is 10.1. The van der Waals surface area contributed by atoms with Crippen LogP contribution in [0.5, 0.6) is 5.75 Å². The molecule has 164 valence electrons. The molecule has 2 amide bonds. The largest absolute Gasteiger partial charge is 0.489 e.